The van der Waals surface area contributed by atoms with E-state index in [1.165, 1.54) is 11.8 Å². The number of anilines is 1. The van der Waals surface area contributed by atoms with Gasteiger partial charge < -0.3 is 14.6 Å². The lowest BCUT2D eigenvalue weighted by Crippen LogP contribution is -2.15. The second-order valence-electron chi connectivity index (χ2n) is 5.50. The number of ether oxygens (including phenoxy) is 1. The SMILES string of the molecule is Cn1c(COc2ccc(Cl)cc2Cl)nnc1SCC(=O)Nc1cccnc1Cl. The molecule has 28 heavy (non-hydrogen) atoms. The van der Waals surface area contributed by atoms with Crippen LogP contribution in [0.4, 0.5) is 5.69 Å². The Morgan fingerprint density at radius 1 is 1.25 bits per heavy atom. The van der Waals surface area contributed by atoms with Crippen LogP contribution >= 0.6 is 46.6 Å². The molecule has 0 aliphatic carbocycles. The third-order valence-electron chi connectivity index (χ3n) is 3.54. The van der Waals surface area contributed by atoms with Crippen molar-refractivity contribution in [2.75, 3.05) is 11.1 Å². The summed E-state index contributed by atoms with van der Waals surface area (Å²) in [5, 5.41) is 12.6. The van der Waals surface area contributed by atoms with Crippen molar-refractivity contribution in [3.63, 3.8) is 0 Å². The fourth-order valence-corrected chi connectivity index (χ4v) is 3.49. The molecule has 1 N–H and O–H groups in total. The Hall–Kier alpha value is -2.00. The lowest BCUT2D eigenvalue weighted by molar-refractivity contribution is -0.113. The summed E-state index contributed by atoms with van der Waals surface area (Å²) in [4.78, 5) is 16.0. The van der Waals surface area contributed by atoms with Gasteiger partial charge in [0.15, 0.2) is 16.1 Å². The number of thioether (sulfide) groups is 1. The zero-order valence-electron chi connectivity index (χ0n) is 14.5. The molecular weight excluding hydrogens is 445 g/mol. The van der Waals surface area contributed by atoms with E-state index < -0.39 is 0 Å². The van der Waals surface area contributed by atoms with Gasteiger partial charge in [-0.2, -0.15) is 0 Å². The molecule has 0 bridgehead atoms. The van der Waals surface area contributed by atoms with E-state index in [-0.39, 0.29) is 23.4 Å². The molecule has 0 spiro atoms. The average molecular weight is 459 g/mol. The van der Waals surface area contributed by atoms with E-state index in [1.807, 2.05) is 0 Å². The number of amides is 1. The highest BCUT2D eigenvalue weighted by molar-refractivity contribution is 7.99. The molecule has 0 saturated heterocycles. The molecule has 0 radical (unpaired) electrons. The fourth-order valence-electron chi connectivity index (χ4n) is 2.13. The van der Waals surface area contributed by atoms with Crippen molar-refractivity contribution in [3.8, 4) is 5.75 Å². The summed E-state index contributed by atoms with van der Waals surface area (Å²) in [6, 6.07) is 8.34. The highest BCUT2D eigenvalue weighted by Gasteiger charge is 2.13. The van der Waals surface area contributed by atoms with Gasteiger partial charge in [0, 0.05) is 18.3 Å². The first kappa shape index (κ1) is 20.7. The number of carbonyl (C=O) groups is 1. The van der Waals surface area contributed by atoms with Crippen LogP contribution in [0.2, 0.25) is 15.2 Å². The lowest BCUT2D eigenvalue weighted by atomic mass is 10.3. The first-order valence-electron chi connectivity index (χ1n) is 7.93. The van der Waals surface area contributed by atoms with E-state index in [9.17, 15) is 4.79 Å². The predicted molar refractivity (Wildman–Crippen MR) is 110 cm³/mol. The first-order chi connectivity index (χ1) is 13.4. The summed E-state index contributed by atoms with van der Waals surface area (Å²) in [5.41, 5.74) is 0.460. The van der Waals surface area contributed by atoms with Crippen LogP contribution in [0.5, 0.6) is 5.75 Å². The van der Waals surface area contributed by atoms with Gasteiger partial charge in [0.05, 0.1) is 16.5 Å². The van der Waals surface area contributed by atoms with Crippen LogP contribution in [0.1, 0.15) is 5.82 Å². The summed E-state index contributed by atoms with van der Waals surface area (Å²) in [7, 11) is 1.79. The molecule has 7 nitrogen and oxygen atoms in total. The fraction of sp³-hybridized carbons (Fsp3) is 0.176. The summed E-state index contributed by atoms with van der Waals surface area (Å²) in [6.45, 7) is 0.170. The third kappa shape index (κ3) is 5.29. The summed E-state index contributed by atoms with van der Waals surface area (Å²) in [6.07, 6.45) is 1.55. The molecular formula is C17H14Cl3N5O2S. The lowest BCUT2D eigenvalue weighted by Gasteiger charge is -2.08. The Morgan fingerprint density at radius 2 is 2.07 bits per heavy atom. The normalized spacial score (nSPS) is 10.7. The minimum atomic E-state index is -0.228. The number of aromatic nitrogens is 4. The van der Waals surface area contributed by atoms with Crippen molar-refractivity contribution in [2.24, 2.45) is 7.05 Å². The topological polar surface area (TPSA) is 81.9 Å². The van der Waals surface area contributed by atoms with E-state index in [2.05, 4.69) is 20.5 Å². The van der Waals surface area contributed by atoms with Crippen LogP contribution < -0.4 is 10.1 Å². The molecule has 0 unspecified atom stereocenters. The van der Waals surface area contributed by atoms with E-state index >= 15 is 0 Å². The molecule has 0 saturated carbocycles. The molecule has 11 heteroatoms. The molecule has 146 valence electrons. The molecule has 3 rings (SSSR count). The van der Waals surface area contributed by atoms with Gasteiger partial charge in [0.25, 0.3) is 0 Å². The van der Waals surface area contributed by atoms with Crippen molar-refractivity contribution in [1.29, 1.82) is 0 Å². The van der Waals surface area contributed by atoms with Crippen LogP contribution in [0.25, 0.3) is 0 Å². The number of benzene rings is 1. The highest BCUT2D eigenvalue weighted by atomic mass is 35.5. The maximum atomic E-state index is 12.1. The number of hydrogen-bond acceptors (Lipinski definition) is 6. The van der Waals surface area contributed by atoms with Gasteiger partial charge in [-0.1, -0.05) is 46.6 Å². The predicted octanol–water partition coefficient (Wildman–Crippen LogP) is 4.48. The monoisotopic (exact) mass is 457 g/mol. The minimum absolute atomic E-state index is 0.140. The van der Waals surface area contributed by atoms with Gasteiger partial charge in [-0.05, 0) is 30.3 Å². The quantitative estimate of drug-likeness (QED) is 0.415. The van der Waals surface area contributed by atoms with Crippen LogP contribution in [0.3, 0.4) is 0 Å². The molecule has 1 aromatic carbocycles. The summed E-state index contributed by atoms with van der Waals surface area (Å²) < 4.78 is 7.41. The van der Waals surface area contributed by atoms with E-state index in [1.54, 1.807) is 48.1 Å². The van der Waals surface area contributed by atoms with Crippen molar-refractivity contribution in [2.45, 2.75) is 11.8 Å². The van der Waals surface area contributed by atoms with E-state index in [0.29, 0.717) is 32.5 Å². The van der Waals surface area contributed by atoms with Gasteiger partial charge >= 0.3 is 0 Å². The largest absolute Gasteiger partial charge is 0.484 e. The third-order valence-corrected chi connectivity index (χ3v) is 5.39. The standard InChI is InChI=1S/C17H14Cl3N5O2S/c1-25-14(8-27-13-5-4-10(18)7-11(13)19)23-24-17(25)28-9-15(26)22-12-3-2-6-21-16(12)20/h2-7H,8-9H2,1H3,(H,22,26). The number of carbonyl (C=O) groups excluding carboxylic acids is 1. The number of rotatable bonds is 7. The number of nitrogens with zero attached hydrogens (tertiary/aromatic N) is 4. The van der Waals surface area contributed by atoms with E-state index in [4.69, 9.17) is 39.5 Å². The van der Waals surface area contributed by atoms with Crippen molar-refractivity contribution in [3.05, 3.63) is 57.6 Å². The second-order valence-corrected chi connectivity index (χ2v) is 7.64. The highest BCUT2D eigenvalue weighted by Crippen LogP contribution is 2.28. The zero-order valence-corrected chi connectivity index (χ0v) is 17.6. The van der Waals surface area contributed by atoms with Crippen LogP contribution in [0.15, 0.2) is 41.7 Å². The Morgan fingerprint density at radius 3 is 2.82 bits per heavy atom. The molecule has 2 heterocycles. The Labute approximate surface area is 180 Å². The molecule has 1 amide bonds. The molecule has 0 fully saturated rings. The van der Waals surface area contributed by atoms with Crippen LogP contribution in [-0.4, -0.2) is 31.4 Å². The van der Waals surface area contributed by atoms with Gasteiger partial charge in [0.2, 0.25) is 5.91 Å². The minimum Gasteiger partial charge on any atom is -0.484 e. The van der Waals surface area contributed by atoms with Crippen molar-refractivity contribution in [1.82, 2.24) is 19.7 Å². The number of nitrogens with one attached hydrogen (secondary N) is 1. The molecule has 0 atom stereocenters. The smallest absolute Gasteiger partial charge is 0.234 e. The maximum Gasteiger partial charge on any atom is 0.234 e. The summed E-state index contributed by atoms with van der Waals surface area (Å²) >= 11 is 19.1. The molecule has 3 aromatic rings. The number of pyridine rings is 1. The first-order valence-corrected chi connectivity index (χ1v) is 10.1. The van der Waals surface area contributed by atoms with Gasteiger partial charge in [-0.15, -0.1) is 10.2 Å². The van der Waals surface area contributed by atoms with Gasteiger partial charge in [0.1, 0.15) is 12.4 Å². The second kappa shape index (κ2) is 9.47. The van der Waals surface area contributed by atoms with Gasteiger partial charge in [-0.3, -0.25) is 4.79 Å². The Bertz CT molecular complexity index is 999. The molecule has 0 aliphatic rings. The Kier molecular flexibility index (Phi) is 7.01. The van der Waals surface area contributed by atoms with Crippen LogP contribution in [-0.2, 0) is 18.4 Å². The number of halogens is 3. The van der Waals surface area contributed by atoms with Gasteiger partial charge in [-0.25, -0.2) is 4.98 Å². The molecule has 0 aliphatic heterocycles. The van der Waals surface area contributed by atoms with Crippen molar-refractivity contribution < 1.29 is 9.53 Å². The Balaban J connectivity index is 1.55. The van der Waals surface area contributed by atoms with Crippen LogP contribution in [0, 0.1) is 0 Å². The summed E-state index contributed by atoms with van der Waals surface area (Å²) in [5.74, 6) is 0.995. The molecule has 2 aromatic heterocycles. The average Bonchev–Trinajstić information content (AvgIpc) is 3.01. The van der Waals surface area contributed by atoms with E-state index in [0.717, 1.165) is 0 Å². The number of hydrogen-bond donors (Lipinski definition) is 1. The van der Waals surface area contributed by atoms with Crippen molar-refractivity contribution >= 4 is 58.2 Å². The zero-order chi connectivity index (χ0) is 20.1. The maximum absolute atomic E-state index is 12.1.